The summed E-state index contributed by atoms with van der Waals surface area (Å²) in [5.74, 6) is -0.467. The van der Waals surface area contributed by atoms with Gasteiger partial charge in [-0.25, -0.2) is 8.42 Å². The molecule has 1 saturated carbocycles. The number of fused-ring (bicyclic) bond motifs is 1. The summed E-state index contributed by atoms with van der Waals surface area (Å²) in [4.78, 5) is 12.0. The molecule has 0 spiro atoms. The van der Waals surface area contributed by atoms with Crippen molar-refractivity contribution in [2.45, 2.75) is 54.5 Å². The second-order valence-electron chi connectivity index (χ2n) is 6.26. The van der Waals surface area contributed by atoms with E-state index in [1.165, 1.54) is 7.11 Å². The summed E-state index contributed by atoms with van der Waals surface area (Å²) in [6.07, 6.45) is 3.05. The molecule has 0 unspecified atom stereocenters. The van der Waals surface area contributed by atoms with Crippen LogP contribution in [-0.4, -0.2) is 39.0 Å². The fourth-order valence-electron chi connectivity index (χ4n) is 3.86. The van der Waals surface area contributed by atoms with Crippen LogP contribution < -0.4 is 0 Å². The lowest BCUT2D eigenvalue weighted by Crippen LogP contribution is -2.38. The van der Waals surface area contributed by atoms with Gasteiger partial charge in [-0.2, -0.15) is 0 Å². The minimum Gasteiger partial charge on any atom is -0.469 e. The van der Waals surface area contributed by atoms with Crippen molar-refractivity contribution in [3.63, 3.8) is 0 Å². The van der Waals surface area contributed by atoms with Crippen LogP contribution in [0.5, 0.6) is 0 Å². The van der Waals surface area contributed by atoms with Crippen LogP contribution in [0.4, 0.5) is 0 Å². The second-order valence-corrected chi connectivity index (χ2v) is 8.37. The van der Waals surface area contributed by atoms with Gasteiger partial charge in [-0.3, -0.25) is 4.79 Å². The van der Waals surface area contributed by atoms with Gasteiger partial charge in [0.05, 0.1) is 35.9 Å². The van der Waals surface area contributed by atoms with Crippen LogP contribution >= 0.6 is 0 Å². The largest absolute Gasteiger partial charge is 0.469 e. The summed E-state index contributed by atoms with van der Waals surface area (Å²) in [5, 5.41) is -0.672. The molecule has 1 aliphatic carbocycles. The van der Waals surface area contributed by atoms with E-state index in [-0.39, 0.29) is 18.4 Å². The van der Waals surface area contributed by atoms with Gasteiger partial charge in [0.25, 0.3) is 0 Å². The zero-order valence-corrected chi connectivity index (χ0v) is 14.0. The molecule has 126 valence electrons. The van der Waals surface area contributed by atoms with Gasteiger partial charge in [0.15, 0.2) is 9.84 Å². The van der Waals surface area contributed by atoms with E-state index in [9.17, 15) is 13.2 Å². The molecular weight excluding hydrogens is 316 g/mol. The lowest BCUT2D eigenvalue weighted by Gasteiger charge is -2.27. The van der Waals surface area contributed by atoms with Gasteiger partial charge in [0, 0.05) is 5.92 Å². The Balaban J connectivity index is 1.95. The third-order valence-electron chi connectivity index (χ3n) is 4.92. The van der Waals surface area contributed by atoms with Gasteiger partial charge in [0.2, 0.25) is 0 Å². The summed E-state index contributed by atoms with van der Waals surface area (Å²) in [6.45, 7) is 0. The van der Waals surface area contributed by atoms with E-state index in [1.54, 1.807) is 30.3 Å². The monoisotopic (exact) mass is 338 g/mol. The van der Waals surface area contributed by atoms with Gasteiger partial charge in [-0.05, 0) is 25.0 Å². The average molecular weight is 338 g/mol. The molecule has 0 aromatic heterocycles. The van der Waals surface area contributed by atoms with Crippen molar-refractivity contribution in [2.24, 2.45) is 5.92 Å². The highest BCUT2D eigenvalue weighted by atomic mass is 32.2. The highest BCUT2D eigenvalue weighted by Crippen LogP contribution is 2.43. The Morgan fingerprint density at radius 2 is 1.91 bits per heavy atom. The number of methoxy groups -OCH3 is 1. The summed E-state index contributed by atoms with van der Waals surface area (Å²) in [7, 11) is -2.23. The lowest BCUT2D eigenvalue weighted by molar-refractivity contribution is -0.143. The topological polar surface area (TPSA) is 69.7 Å². The predicted molar refractivity (Wildman–Crippen MR) is 84.7 cm³/mol. The van der Waals surface area contributed by atoms with Crippen molar-refractivity contribution >= 4 is 15.8 Å². The molecule has 2 fully saturated rings. The summed E-state index contributed by atoms with van der Waals surface area (Å²) < 4.78 is 37.0. The minimum absolute atomic E-state index is 0.0137. The van der Waals surface area contributed by atoms with Gasteiger partial charge in [-0.15, -0.1) is 0 Å². The summed E-state index contributed by atoms with van der Waals surface area (Å²) in [5.41, 5.74) is 0. The number of hydrogen-bond donors (Lipinski definition) is 0. The van der Waals surface area contributed by atoms with Crippen molar-refractivity contribution in [1.29, 1.82) is 0 Å². The SMILES string of the molecule is COC(=O)C[C@@H]1O[C@@H]2CCCC[C@@H]2[C@H]1S(=O)(=O)c1ccccc1. The van der Waals surface area contributed by atoms with Crippen molar-refractivity contribution in [1.82, 2.24) is 0 Å². The smallest absolute Gasteiger partial charge is 0.308 e. The van der Waals surface area contributed by atoms with Crippen LogP contribution in [0.25, 0.3) is 0 Å². The summed E-state index contributed by atoms with van der Waals surface area (Å²) >= 11 is 0. The summed E-state index contributed by atoms with van der Waals surface area (Å²) in [6, 6.07) is 8.45. The molecule has 1 heterocycles. The Labute approximate surface area is 136 Å². The number of rotatable bonds is 4. The minimum atomic E-state index is -3.54. The van der Waals surface area contributed by atoms with Crippen LogP contribution in [0.2, 0.25) is 0 Å². The number of sulfone groups is 1. The number of carbonyl (C=O) groups is 1. The van der Waals surface area contributed by atoms with Crippen molar-refractivity contribution < 1.29 is 22.7 Å². The Bertz CT molecular complexity index is 655. The lowest BCUT2D eigenvalue weighted by atomic mass is 9.85. The molecule has 0 radical (unpaired) electrons. The third kappa shape index (κ3) is 3.15. The second kappa shape index (κ2) is 6.61. The first-order valence-corrected chi connectivity index (χ1v) is 9.60. The van der Waals surface area contributed by atoms with Crippen molar-refractivity contribution in [2.75, 3.05) is 7.11 Å². The Morgan fingerprint density at radius 3 is 2.61 bits per heavy atom. The van der Waals surface area contributed by atoms with Gasteiger partial charge in [-0.1, -0.05) is 31.0 Å². The van der Waals surface area contributed by atoms with E-state index in [1.807, 2.05) is 0 Å². The Hall–Kier alpha value is -1.40. The first-order valence-electron chi connectivity index (χ1n) is 8.05. The van der Waals surface area contributed by atoms with Crippen molar-refractivity contribution in [3.8, 4) is 0 Å². The van der Waals surface area contributed by atoms with E-state index in [0.29, 0.717) is 4.90 Å². The van der Waals surface area contributed by atoms with Crippen LogP contribution in [0.1, 0.15) is 32.1 Å². The molecule has 1 aliphatic heterocycles. The highest BCUT2D eigenvalue weighted by Gasteiger charge is 2.52. The zero-order chi connectivity index (χ0) is 16.4. The highest BCUT2D eigenvalue weighted by molar-refractivity contribution is 7.92. The van der Waals surface area contributed by atoms with Gasteiger partial charge >= 0.3 is 5.97 Å². The third-order valence-corrected chi connectivity index (χ3v) is 7.22. The predicted octanol–water partition coefficient (Wildman–Crippen LogP) is 2.35. The van der Waals surface area contributed by atoms with Gasteiger partial charge in [0.1, 0.15) is 0 Å². The normalized spacial score (nSPS) is 30.7. The van der Waals surface area contributed by atoms with Crippen molar-refractivity contribution in [3.05, 3.63) is 30.3 Å². The van der Waals surface area contributed by atoms with Crippen LogP contribution in [0, 0.1) is 5.92 Å². The van der Waals surface area contributed by atoms with E-state index < -0.39 is 27.2 Å². The first-order chi connectivity index (χ1) is 11.0. The molecule has 6 heteroatoms. The van der Waals surface area contributed by atoms with Crippen LogP contribution in [-0.2, 0) is 24.1 Å². The fraction of sp³-hybridized carbons (Fsp3) is 0.588. The quantitative estimate of drug-likeness (QED) is 0.788. The number of carbonyl (C=O) groups excluding carboxylic acids is 1. The molecular formula is C17H22O5S. The van der Waals surface area contributed by atoms with Crippen LogP contribution in [0.15, 0.2) is 35.2 Å². The fourth-order valence-corrected chi connectivity index (χ4v) is 6.04. The number of benzene rings is 1. The van der Waals surface area contributed by atoms with E-state index in [2.05, 4.69) is 0 Å². The molecule has 3 rings (SSSR count). The molecule has 23 heavy (non-hydrogen) atoms. The molecule has 5 nitrogen and oxygen atoms in total. The van der Waals surface area contributed by atoms with E-state index >= 15 is 0 Å². The Morgan fingerprint density at radius 1 is 1.22 bits per heavy atom. The molecule has 2 aliphatic rings. The van der Waals surface area contributed by atoms with E-state index in [0.717, 1.165) is 25.7 Å². The molecule has 0 amide bonds. The molecule has 4 atom stereocenters. The molecule has 1 saturated heterocycles. The van der Waals surface area contributed by atoms with Gasteiger partial charge < -0.3 is 9.47 Å². The standard InChI is InChI=1S/C17H22O5S/c1-21-16(18)11-15-17(13-9-5-6-10-14(13)22-15)23(19,20)12-7-3-2-4-8-12/h2-4,7-8,13-15,17H,5-6,9-11H2,1H3/t13-,14+,15-,17+/m0/s1. The maximum atomic E-state index is 13.1. The molecule has 0 N–H and O–H groups in total. The maximum absolute atomic E-state index is 13.1. The average Bonchev–Trinajstić information content (AvgIpc) is 2.94. The number of ether oxygens (including phenoxy) is 2. The molecule has 1 aromatic carbocycles. The van der Waals surface area contributed by atoms with E-state index in [4.69, 9.17) is 9.47 Å². The van der Waals surface area contributed by atoms with Crippen LogP contribution in [0.3, 0.4) is 0 Å². The first kappa shape index (κ1) is 16.5. The number of esters is 1. The number of hydrogen-bond acceptors (Lipinski definition) is 5. The molecule has 0 bridgehead atoms. The zero-order valence-electron chi connectivity index (χ0n) is 13.2. The molecule has 1 aromatic rings. The maximum Gasteiger partial charge on any atom is 0.308 e. The Kier molecular flexibility index (Phi) is 4.73.